The third-order valence-corrected chi connectivity index (χ3v) is 3.26. The quantitative estimate of drug-likeness (QED) is 0.590. The van der Waals surface area contributed by atoms with Gasteiger partial charge in [0.15, 0.2) is 18.1 Å². The SMILES string of the molecule is CCOc1cc(C=NOCC(=O)Nc2cccc(C)c2)ccc1OC. The van der Waals surface area contributed by atoms with Crippen molar-refractivity contribution in [1.29, 1.82) is 0 Å². The number of rotatable bonds is 8. The van der Waals surface area contributed by atoms with Gasteiger partial charge in [0.05, 0.1) is 19.9 Å². The van der Waals surface area contributed by atoms with E-state index in [1.807, 2.05) is 44.2 Å². The van der Waals surface area contributed by atoms with Gasteiger partial charge in [-0.3, -0.25) is 4.79 Å². The van der Waals surface area contributed by atoms with Crippen LogP contribution in [0.15, 0.2) is 47.6 Å². The van der Waals surface area contributed by atoms with Gasteiger partial charge in [0.2, 0.25) is 0 Å². The Bertz CT molecular complexity index is 744. The molecule has 0 saturated heterocycles. The lowest BCUT2D eigenvalue weighted by molar-refractivity contribution is -0.120. The molecule has 2 aromatic rings. The first-order chi connectivity index (χ1) is 12.1. The second kappa shape index (κ2) is 9.32. The average molecular weight is 342 g/mol. The summed E-state index contributed by atoms with van der Waals surface area (Å²) in [6, 6.07) is 12.9. The van der Waals surface area contributed by atoms with E-state index in [-0.39, 0.29) is 12.5 Å². The molecule has 0 fully saturated rings. The number of oxime groups is 1. The zero-order chi connectivity index (χ0) is 18.1. The Hall–Kier alpha value is -3.02. The van der Waals surface area contributed by atoms with Gasteiger partial charge >= 0.3 is 0 Å². The number of benzene rings is 2. The number of carbonyl (C=O) groups excluding carboxylic acids is 1. The molecule has 25 heavy (non-hydrogen) atoms. The summed E-state index contributed by atoms with van der Waals surface area (Å²) in [5.74, 6) is 1.01. The molecular weight excluding hydrogens is 320 g/mol. The van der Waals surface area contributed by atoms with Crippen molar-refractivity contribution in [3.05, 3.63) is 53.6 Å². The number of carbonyl (C=O) groups is 1. The first-order valence-electron chi connectivity index (χ1n) is 7.95. The van der Waals surface area contributed by atoms with E-state index in [1.165, 1.54) is 6.21 Å². The number of amides is 1. The number of hydrogen-bond acceptors (Lipinski definition) is 5. The van der Waals surface area contributed by atoms with E-state index >= 15 is 0 Å². The van der Waals surface area contributed by atoms with E-state index in [9.17, 15) is 4.79 Å². The maximum atomic E-state index is 11.8. The van der Waals surface area contributed by atoms with Crippen LogP contribution in [0.2, 0.25) is 0 Å². The largest absolute Gasteiger partial charge is 0.493 e. The van der Waals surface area contributed by atoms with Gasteiger partial charge in [0, 0.05) is 11.3 Å². The van der Waals surface area contributed by atoms with Crippen LogP contribution < -0.4 is 14.8 Å². The first kappa shape index (κ1) is 18.3. The van der Waals surface area contributed by atoms with Crippen molar-refractivity contribution in [3.8, 4) is 11.5 Å². The number of ether oxygens (including phenoxy) is 2. The van der Waals surface area contributed by atoms with Crippen LogP contribution in [-0.2, 0) is 9.63 Å². The van der Waals surface area contributed by atoms with E-state index in [1.54, 1.807) is 19.2 Å². The Balaban J connectivity index is 1.86. The summed E-state index contributed by atoms with van der Waals surface area (Å²) >= 11 is 0. The summed E-state index contributed by atoms with van der Waals surface area (Å²) in [5, 5.41) is 6.56. The molecular formula is C19H22N2O4. The summed E-state index contributed by atoms with van der Waals surface area (Å²) in [7, 11) is 1.58. The zero-order valence-electron chi connectivity index (χ0n) is 14.6. The molecule has 1 amide bonds. The van der Waals surface area contributed by atoms with E-state index in [0.717, 1.165) is 16.8 Å². The van der Waals surface area contributed by atoms with Gasteiger partial charge in [0.1, 0.15) is 0 Å². The van der Waals surface area contributed by atoms with Crippen molar-refractivity contribution in [2.45, 2.75) is 13.8 Å². The highest BCUT2D eigenvalue weighted by atomic mass is 16.6. The van der Waals surface area contributed by atoms with Crippen LogP contribution in [0.1, 0.15) is 18.1 Å². The Labute approximate surface area is 147 Å². The third kappa shape index (κ3) is 5.84. The molecule has 0 radical (unpaired) electrons. The van der Waals surface area contributed by atoms with Gasteiger partial charge in [-0.25, -0.2) is 0 Å². The van der Waals surface area contributed by atoms with E-state index in [4.69, 9.17) is 14.3 Å². The molecule has 6 nitrogen and oxygen atoms in total. The standard InChI is InChI=1S/C19H22N2O4/c1-4-24-18-11-15(8-9-17(18)23-3)12-20-25-13-19(22)21-16-7-5-6-14(2)10-16/h5-12H,4,13H2,1-3H3,(H,21,22). The van der Waals surface area contributed by atoms with Crippen molar-refractivity contribution < 1.29 is 19.1 Å². The van der Waals surface area contributed by atoms with Crippen LogP contribution in [0.4, 0.5) is 5.69 Å². The molecule has 0 spiro atoms. The van der Waals surface area contributed by atoms with Gasteiger partial charge in [0.25, 0.3) is 5.91 Å². The second-order valence-electron chi connectivity index (χ2n) is 5.27. The number of anilines is 1. The molecule has 2 aromatic carbocycles. The van der Waals surface area contributed by atoms with Gasteiger partial charge in [-0.15, -0.1) is 0 Å². The number of aryl methyl sites for hydroxylation is 1. The van der Waals surface area contributed by atoms with E-state index in [0.29, 0.717) is 18.1 Å². The molecule has 0 atom stereocenters. The lowest BCUT2D eigenvalue weighted by Gasteiger charge is -2.09. The van der Waals surface area contributed by atoms with Crippen LogP contribution in [0.5, 0.6) is 11.5 Å². The van der Waals surface area contributed by atoms with Crippen LogP contribution in [-0.4, -0.2) is 32.4 Å². The number of methoxy groups -OCH3 is 1. The average Bonchev–Trinajstić information content (AvgIpc) is 2.59. The van der Waals surface area contributed by atoms with Gasteiger partial charge in [-0.1, -0.05) is 17.3 Å². The van der Waals surface area contributed by atoms with E-state index in [2.05, 4.69) is 10.5 Å². The molecule has 1 N–H and O–H groups in total. The Kier molecular flexibility index (Phi) is 6.83. The summed E-state index contributed by atoms with van der Waals surface area (Å²) in [6.45, 7) is 4.23. The normalized spacial score (nSPS) is 10.5. The lowest BCUT2D eigenvalue weighted by Crippen LogP contribution is -2.16. The fourth-order valence-corrected chi connectivity index (χ4v) is 2.16. The summed E-state index contributed by atoms with van der Waals surface area (Å²) in [4.78, 5) is 16.9. The smallest absolute Gasteiger partial charge is 0.265 e. The number of hydrogen-bond donors (Lipinski definition) is 1. The second-order valence-corrected chi connectivity index (χ2v) is 5.27. The summed E-state index contributed by atoms with van der Waals surface area (Å²) in [6.07, 6.45) is 1.52. The maximum absolute atomic E-state index is 11.8. The fourth-order valence-electron chi connectivity index (χ4n) is 2.16. The Morgan fingerprint density at radius 3 is 2.76 bits per heavy atom. The fraction of sp³-hybridized carbons (Fsp3) is 0.263. The highest BCUT2D eigenvalue weighted by Gasteiger charge is 2.05. The molecule has 0 aliphatic rings. The Morgan fingerprint density at radius 2 is 2.04 bits per heavy atom. The first-order valence-corrected chi connectivity index (χ1v) is 7.95. The predicted molar refractivity (Wildman–Crippen MR) is 97.5 cm³/mol. The maximum Gasteiger partial charge on any atom is 0.265 e. The highest BCUT2D eigenvalue weighted by Crippen LogP contribution is 2.27. The minimum Gasteiger partial charge on any atom is -0.493 e. The van der Waals surface area contributed by atoms with Crippen molar-refractivity contribution >= 4 is 17.8 Å². The minimum absolute atomic E-state index is 0.168. The van der Waals surface area contributed by atoms with Crippen LogP contribution in [0.25, 0.3) is 0 Å². The van der Waals surface area contributed by atoms with Crippen LogP contribution in [0, 0.1) is 6.92 Å². The monoisotopic (exact) mass is 342 g/mol. The van der Waals surface area contributed by atoms with Crippen molar-refractivity contribution in [2.24, 2.45) is 5.16 Å². The molecule has 0 aliphatic carbocycles. The highest BCUT2D eigenvalue weighted by molar-refractivity contribution is 5.91. The lowest BCUT2D eigenvalue weighted by atomic mass is 10.2. The summed E-state index contributed by atoms with van der Waals surface area (Å²) < 4.78 is 10.7. The molecule has 0 aromatic heterocycles. The van der Waals surface area contributed by atoms with E-state index < -0.39 is 0 Å². The molecule has 6 heteroatoms. The molecule has 0 saturated carbocycles. The molecule has 132 valence electrons. The van der Waals surface area contributed by atoms with Gasteiger partial charge in [-0.2, -0.15) is 0 Å². The van der Waals surface area contributed by atoms with Gasteiger partial charge in [-0.05, 0) is 49.7 Å². The zero-order valence-corrected chi connectivity index (χ0v) is 14.6. The minimum atomic E-state index is -0.271. The molecule has 0 bridgehead atoms. The van der Waals surface area contributed by atoms with Crippen molar-refractivity contribution in [3.63, 3.8) is 0 Å². The third-order valence-electron chi connectivity index (χ3n) is 3.26. The molecule has 0 heterocycles. The summed E-state index contributed by atoms with van der Waals surface area (Å²) in [5.41, 5.74) is 2.58. The van der Waals surface area contributed by atoms with Gasteiger partial charge < -0.3 is 19.6 Å². The Morgan fingerprint density at radius 1 is 1.20 bits per heavy atom. The van der Waals surface area contributed by atoms with Crippen LogP contribution in [0.3, 0.4) is 0 Å². The topological polar surface area (TPSA) is 69.2 Å². The van der Waals surface area contributed by atoms with Crippen LogP contribution >= 0.6 is 0 Å². The number of nitrogens with zero attached hydrogens (tertiary/aromatic N) is 1. The van der Waals surface area contributed by atoms with Crippen molar-refractivity contribution in [1.82, 2.24) is 0 Å². The van der Waals surface area contributed by atoms with Crippen molar-refractivity contribution in [2.75, 3.05) is 25.6 Å². The number of nitrogens with one attached hydrogen (secondary N) is 1. The molecule has 0 unspecified atom stereocenters. The molecule has 2 rings (SSSR count). The molecule has 0 aliphatic heterocycles. The predicted octanol–water partition coefficient (Wildman–Crippen LogP) is 3.39.